The molecule has 0 rings (SSSR count). The van der Waals surface area contributed by atoms with Crippen LogP contribution in [-0.4, -0.2) is 56.5 Å². The summed E-state index contributed by atoms with van der Waals surface area (Å²) in [5.74, 6) is 0.274. The summed E-state index contributed by atoms with van der Waals surface area (Å²) in [6, 6.07) is 0. The molecule has 0 radical (unpaired) electrons. The molecule has 0 unspecified atom stereocenters. The van der Waals surface area contributed by atoms with Crippen LogP contribution >= 0.6 is 0 Å². The molecule has 0 amide bonds. The first-order valence-corrected chi connectivity index (χ1v) is 6.24. The van der Waals surface area contributed by atoms with Gasteiger partial charge in [0, 0.05) is 25.8 Å². The van der Waals surface area contributed by atoms with Gasteiger partial charge in [0.2, 0.25) is 0 Å². The summed E-state index contributed by atoms with van der Waals surface area (Å²) in [5, 5.41) is 11.1. The first kappa shape index (κ1) is 13.2. The molecule has 0 aromatic carbocycles. The van der Waals surface area contributed by atoms with Gasteiger partial charge in [-0.05, 0) is 7.05 Å². The Balaban J connectivity index is 3.72. The lowest BCUT2D eigenvalue weighted by atomic mass is 10.4. The van der Waals surface area contributed by atoms with Gasteiger partial charge in [-0.25, -0.2) is 8.42 Å². The first-order chi connectivity index (χ1) is 6.35. The fourth-order valence-electron chi connectivity index (χ4n) is 0.789. The molecule has 0 aliphatic rings. The number of hydrogen-bond donors (Lipinski definition) is 2. The van der Waals surface area contributed by atoms with Gasteiger partial charge in [0.25, 0.3) is 0 Å². The summed E-state index contributed by atoms with van der Waals surface area (Å²) in [5.41, 5.74) is 5.26. The van der Waals surface area contributed by atoms with E-state index in [0.717, 1.165) is 0 Å². The summed E-state index contributed by atoms with van der Waals surface area (Å²) >= 11 is 0. The van der Waals surface area contributed by atoms with Crippen molar-refractivity contribution >= 4 is 15.7 Å². The van der Waals surface area contributed by atoms with Gasteiger partial charge in [0.1, 0.15) is 15.7 Å². The lowest BCUT2D eigenvalue weighted by Crippen LogP contribution is -2.29. The zero-order valence-electron chi connectivity index (χ0n) is 8.47. The number of amidine groups is 1. The molecule has 0 aliphatic heterocycles. The van der Waals surface area contributed by atoms with Crippen molar-refractivity contribution < 1.29 is 13.6 Å². The van der Waals surface area contributed by atoms with Crippen molar-refractivity contribution in [2.45, 2.75) is 6.42 Å². The van der Waals surface area contributed by atoms with Crippen LogP contribution in [0.3, 0.4) is 0 Å². The number of nitrogens with two attached hydrogens (primary N) is 1. The van der Waals surface area contributed by atoms with Gasteiger partial charge in [-0.2, -0.15) is 0 Å². The second-order valence-electron chi connectivity index (χ2n) is 3.27. The minimum atomic E-state index is -2.92. The minimum Gasteiger partial charge on any atom is -0.409 e. The highest BCUT2D eigenvalue weighted by Gasteiger charge is 2.05. The van der Waals surface area contributed by atoms with Gasteiger partial charge in [0.15, 0.2) is 0 Å². The van der Waals surface area contributed by atoms with Crippen molar-refractivity contribution in [1.82, 2.24) is 4.90 Å². The molecular weight excluding hydrogens is 206 g/mol. The molecule has 0 saturated carbocycles. The number of rotatable bonds is 6. The van der Waals surface area contributed by atoms with Gasteiger partial charge < -0.3 is 15.8 Å². The maximum atomic E-state index is 10.8. The standard InChI is InChI=1S/C7H17N3O3S/c1-10(4-3-7(8)9-11)5-6-14(2,12)13/h11H,3-6H2,1-2H3,(H2,8,9). The third-order valence-corrected chi connectivity index (χ3v) is 2.65. The molecule has 0 aliphatic carbocycles. The second kappa shape index (κ2) is 5.82. The maximum absolute atomic E-state index is 10.8. The molecule has 0 bridgehead atoms. The van der Waals surface area contributed by atoms with Crippen LogP contribution in [0.1, 0.15) is 6.42 Å². The first-order valence-electron chi connectivity index (χ1n) is 4.18. The normalized spacial score (nSPS) is 13.5. The Labute approximate surface area is 84.3 Å². The predicted molar refractivity (Wildman–Crippen MR) is 55.2 cm³/mol. The fraction of sp³-hybridized carbons (Fsp3) is 0.857. The van der Waals surface area contributed by atoms with Crippen LogP contribution in [0.5, 0.6) is 0 Å². The Morgan fingerprint density at radius 1 is 1.50 bits per heavy atom. The lowest BCUT2D eigenvalue weighted by Gasteiger charge is -2.14. The van der Waals surface area contributed by atoms with E-state index in [1.54, 1.807) is 7.05 Å². The van der Waals surface area contributed by atoms with Crippen molar-refractivity contribution in [1.29, 1.82) is 0 Å². The molecule has 3 N–H and O–H groups in total. The van der Waals surface area contributed by atoms with Crippen molar-refractivity contribution in [3.05, 3.63) is 0 Å². The van der Waals surface area contributed by atoms with Crippen molar-refractivity contribution in [2.75, 3.05) is 32.1 Å². The van der Waals surface area contributed by atoms with Crippen molar-refractivity contribution in [3.63, 3.8) is 0 Å². The summed E-state index contributed by atoms with van der Waals surface area (Å²) in [6.45, 7) is 1.03. The molecule has 6 nitrogen and oxygen atoms in total. The van der Waals surface area contributed by atoms with Gasteiger partial charge in [-0.15, -0.1) is 0 Å². The van der Waals surface area contributed by atoms with Crippen LogP contribution in [0.25, 0.3) is 0 Å². The highest BCUT2D eigenvalue weighted by atomic mass is 32.2. The number of hydrogen-bond acceptors (Lipinski definition) is 5. The number of nitrogens with zero attached hydrogens (tertiary/aromatic N) is 2. The predicted octanol–water partition coefficient (Wildman–Crippen LogP) is -0.901. The average molecular weight is 223 g/mol. The molecule has 0 atom stereocenters. The van der Waals surface area contributed by atoms with E-state index in [2.05, 4.69) is 5.16 Å². The van der Waals surface area contributed by atoms with Gasteiger partial charge in [0.05, 0.1) is 5.75 Å². The van der Waals surface area contributed by atoms with Crippen LogP contribution in [0.4, 0.5) is 0 Å². The zero-order chi connectivity index (χ0) is 11.2. The number of oxime groups is 1. The molecule has 7 heteroatoms. The Hall–Kier alpha value is -0.820. The van der Waals surface area contributed by atoms with Gasteiger partial charge in [-0.3, -0.25) is 0 Å². The van der Waals surface area contributed by atoms with E-state index >= 15 is 0 Å². The van der Waals surface area contributed by atoms with Gasteiger partial charge in [-0.1, -0.05) is 5.16 Å². The molecule has 14 heavy (non-hydrogen) atoms. The molecule has 0 saturated heterocycles. The Morgan fingerprint density at radius 3 is 2.50 bits per heavy atom. The van der Waals surface area contributed by atoms with Crippen molar-refractivity contribution in [3.8, 4) is 0 Å². The van der Waals surface area contributed by atoms with E-state index in [4.69, 9.17) is 10.9 Å². The van der Waals surface area contributed by atoms with E-state index in [1.165, 1.54) is 6.26 Å². The Morgan fingerprint density at radius 2 is 2.07 bits per heavy atom. The van der Waals surface area contributed by atoms with Crippen LogP contribution in [-0.2, 0) is 9.84 Å². The van der Waals surface area contributed by atoms with E-state index in [0.29, 0.717) is 19.5 Å². The minimum absolute atomic E-state index is 0.125. The largest absolute Gasteiger partial charge is 0.409 e. The molecular formula is C7H17N3O3S. The molecule has 0 fully saturated rings. The van der Waals surface area contributed by atoms with E-state index in [9.17, 15) is 8.42 Å². The van der Waals surface area contributed by atoms with E-state index in [1.807, 2.05) is 4.90 Å². The molecule has 84 valence electrons. The molecule has 0 heterocycles. The third kappa shape index (κ3) is 7.81. The fourth-order valence-corrected chi connectivity index (χ4v) is 1.43. The van der Waals surface area contributed by atoms with E-state index in [-0.39, 0.29) is 11.6 Å². The summed E-state index contributed by atoms with van der Waals surface area (Å²) in [4.78, 5) is 1.82. The zero-order valence-corrected chi connectivity index (χ0v) is 9.29. The molecule has 0 aromatic heterocycles. The van der Waals surface area contributed by atoms with E-state index < -0.39 is 9.84 Å². The summed E-state index contributed by atoms with van der Waals surface area (Å²) < 4.78 is 21.6. The third-order valence-electron chi connectivity index (χ3n) is 1.72. The van der Waals surface area contributed by atoms with Crippen molar-refractivity contribution in [2.24, 2.45) is 10.9 Å². The van der Waals surface area contributed by atoms with Gasteiger partial charge >= 0.3 is 0 Å². The molecule has 0 spiro atoms. The Bertz CT molecular complexity index is 287. The lowest BCUT2D eigenvalue weighted by molar-refractivity contribution is 0.313. The highest BCUT2D eigenvalue weighted by molar-refractivity contribution is 7.90. The molecule has 0 aromatic rings. The summed E-state index contributed by atoms with van der Waals surface area (Å²) in [6.07, 6.45) is 1.63. The Kier molecular flexibility index (Phi) is 5.47. The average Bonchev–Trinajstić information content (AvgIpc) is 2.09. The summed E-state index contributed by atoms with van der Waals surface area (Å²) in [7, 11) is -1.13. The van der Waals surface area contributed by atoms with Crippen LogP contribution in [0.2, 0.25) is 0 Å². The van der Waals surface area contributed by atoms with Crippen LogP contribution in [0.15, 0.2) is 5.16 Å². The smallest absolute Gasteiger partial charge is 0.148 e. The topological polar surface area (TPSA) is 96.0 Å². The maximum Gasteiger partial charge on any atom is 0.148 e. The quantitative estimate of drug-likeness (QED) is 0.263. The van der Waals surface area contributed by atoms with Crippen LogP contribution in [0, 0.1) is 0 Å². The number of sulfone groups is 1. The van der Waals surface area contributed by atoms with Crippen LogP contribution < -0.4 is 5.73 Å². The SMILES string of the molecule is CN(CC/C(N)=N/O)CCS(C)(=O)=O. The monoisotopic (exact) mass is 223 g/mol. The highest BCUT2D eigenvalue weighted by Crippen LogP contribution is 1.90. The second-order valence-corrected chi connectivity index (χ2v) is 5.53.